The van der Waals surface area contributed by atoms with E-state index < -0.39 is 0 Å². The van der Waals surface area contributed by atoms with Gasteiger partial charge in [0.25, 0.3) is 0 Å². The fourth-order valence-corrected chi connectivity index (χ4v) is 3.02. The third-order valence-electron chi connectivity index (χ3n) is 4.75. The summed E-state index contributed by atoms with van der Waals surface area (Å²) in [6, 6.07) is 0. The predicted octanol–water partition coefficient (Wildman–Crippen LogP) is 1.64. The van der Waals surface area contributed by atoms with Crippen molar-refractivity contribution in [3.8, 4) is 0 Å². The summed E-state index contributed by atoms with van der Waals surface area (Å²) in [6.07, 6.45) is 7.27. The summed E-state index contributed by atoms with van der Waals surface area (Å²) in [5.41, 5.74) is 7.17. The van der Waals surface area contributed by atoms with E-state index in [2.05, 4.69) is 29.1 Å². The van der Waals surface area contributed by atoms with E-state index in [1.54, 1.807) is 0 Å². The molecule has 1 aliphatic heterocycles. The fraction of sp³-hybridized carbons (Fsp3) is 0.857. The Morgan fingerprint density at radius 1 is 1.26 bits per heavy atom. The van der Waals surface area contributed by atoms with Crippen molar-refractivity contribution in [3.05, 3.63) is 11.9 Å². The molecule has 0 spiro atoms. The van der Waals surface area contributed by atoms with Crippen molar-refractivity contribution >= 4 is 0 Å². The van der Waals surface area contributed by atoms with Gasteiger partial charge in [0.15, 0.2) is 0 Å². The van der Waals surface area contributed by atoms with Gasteiger partial charge in [-0.2, -0.15) is 0 Å². The molecule has 1 saturated heterocycles. The minimum atomic E-state index is 0.591. The molecule has 2 heterocycles. The Bertz CT molecular complexity index is 373. The number of nitrogens with zero attached hydrogens (tertiary/aromatic N) is 4. The molecule has 0 saturated carbocycles. The normalized spacial score (nSPS) is 19.7. The molecular formula is C14H27N5. The molecule has 1 aliphatic rings. The van der Waals surface area contributed by atoms with Crippen molar-refractivity contribution in [1.29, 1.82) is 0 Å². The Hall–Kier alpha value is -0.940. The molecule has 19 heavy (non-hydrogen) atoms. The van der Waals surface area contributed by atoms with E-state index in [9.17, 15) is 0 Å². The number of aromatic nitrogens is 3. The molecule has 5 heteroatoms. The molecule has 2 N–H and O–H groups in total. The summed E-state index contributed by atoms with van der Waals surface area (Å²) in [4.78, 5) is 2.50. The first-order valence-corrected chi connectivity index (χ1v) is 7.53. The lowest BCUT2D eigenvalue weighted by Gasteiger charge is -2.40. The highest BCUT2D eigenvalue weighted by Gasteiger charge is 2.31. The number of nitrogens with two attached hydrogens (primary N) is 1. The lowest BCUT2D eigenvalue weighted by atomic mass is 9.74. The second-order valence-electron chi connectivity index (χ2n) is 5.74. The predicted molar refractivity (Wildman–Crippen MR) is 76.6 cm³/mol. The molecule has 1 aromatic rings. The summed E-state index contributed by atoms with van der Waals surface area (Å²) in [5, 5.41) is 8.31. The SMILES string of the molecule is CCC1(CC)CCN(Cc2cn(CCN)nn2)CC1. The van der Waals surface area contributed by atoms with Crippen LogP contribution in [0, 0.1) is 5.41 Å². The van der Waals surface area contributed by atoms with Crippen LogP contribution >= 0.6 is 0 Å². The van der Waals surface area contributed by atoms with Gasteiger partial charge in [0.05, 0.1) is 12.2 Å². The van der Waals surface area contributed by atoms with Crippen molar-refractivity contribution in [2.24, 2.45) is 11.1 Å². The number of piperidine rings is 1. The van der Waals surface area contributed by atoms with Crippen LogP contribution in [0.4, 0.5) is 0 Å². The van der Waals surface area contributed by atoms with Gasteiger partial charge in [-0.3, -0.25) is 9.58 Å². The molecule has 1 fully saturated rings. The van der Waals surface area contributed by atoms with E-state index in [4.69, 9.17) is 5.73 Å². The van der Waals surface area contributed by atoms with Crippen molar-refractivity contribution in [2.45, 2.75) is 52.6 Å². The van der Waals surface area contributed by atoms with Crippen LogP contribution in [0.2, 0.25) is 0 Å². The van der Waals surface area contributed by atoms with Gasteiger partial charge < -0.3 is 5.73 Å². The van der Waals surface area contributed by atoms with Crippen LogP contribution in [0.5, 0.6) is 0 Å². The third kappa shape index (κ3) is 3.54. The maximum absolute atomic E-state index is 5.52. The highest BCUT2D eigenvalue weighted by Crippen LogP contribution is 2.38. The monoisotopic (exact) mass is 265 g/mol. The van der Waals surface area contributed by atoms with E-state index in [1.807, 2.05) is 10.9 Å². The van der Waals surface area contributed by atoms with Gasteiger partial charge in [-0.25, -0.2) is 0 Å². The minimum Gasteiger partial charge on any atom is -0.329 e. The first-order chi connectivity index (χ1) is 9.21. The average Bonchev–Trinajstić information content (AvgIpc) is 2.88. The first-order valence-electron chi connectivity index (χ1n) is 7.53. The van der Waals surface area contributed by atoms with E-state index in [0.717, 1.165) is 18.8 Å². The standard InChI is InChI=1S/C14H27N5/c1-3-14(4-2)5-8-18(9-6-14)11-13-12-19(10-7-15)17-16-13/h12H,3-11,15H2,1-2H3. The second kappa shape index (κ2) is 6.48. The van der Waals surface area contributed by atoms with Crippen LogP contribution in [0.25, 0.3) is 0 Å². The minimum absolute atomic E-state index is 0.591. The average molecular weight is 265 g/mol. The fourth-order valence-electron chi connectivity index (χ4n) is 3.02. The van der Waals surface area contributed by atoms with Crippen molar-refractivity contribution in [2.75, 3.05) is 19.6 Å². The van der Waals surface area contributed by atoms with Gasteiger partial charge in [-0.05, 0) is 31.3 Å². The molecule has 0 atom stereocenters. The molecule has 0 aliphatic carbocycles. The Morgan fingerprint density at radius 3 is 2.53 bits per heavy atom. The van der Waals surface area contributed by atoms with Crippen LogP contribution < -0.4 is 5.73 Å². The molecule has 2 rings (SSSR count). The van der Waals surface area contributed by atoms with E-state index in [1.165, 1.54) is 38.8 Å². The maximum Gasteiger partial charge on any atom is 0.0967 e. The van der Waals surface area contributed by atoms with E-state index in [-0.39, 0.29) is 0 Å². The Labute approximate surface area is 116 Å². The Balaban J connectivity index is 1.84. The molecule has 5 nitrogen and oxygen atoms in total. The van der Waals surface area contributed by atoms with Crippen molar-refractivity contribution < 1.29 is 0 Å². The van der Waals surface area contributed by atoms with E-state index in [0.29, 0.717) is 12.0 Å². The zero-order valence-electron chi connectivity index (χ0n) is 12.3. The van der Waals surface area contributed by atoms with Gasteiger partial charge >= 0.3 is 0 Å². The second-order valence-corrected chi connectivity index (χ2v) is 5.74. The lowest BCUT2D eigenvalue weighted by molar-refractivity contribution is 0.0900. The molecule has 0 aromatic carbocycles. The van der Waals surface area contributed by atoms with Crippen LogP contribution in [-0.4, -0.2) is 39.5 Å². The Morgan fingerprint density at radius 2 is 1.95 bits per heavy atom. The van der Waals surface area contributed by atoms with Gasteiger partial charge in [0.1, 0.15) is 0 Å². The zero-order chi connectivity index (χ0) is 13.7. The molecule has 1 aromatic heterocycles. The number of hydrogen-bond acceptors (Lipinski definition) is 4. The molecule has 108 valence electrons. The van der Waals surface area contributed by atoms with Gasteiger partial charge in [-0.15, -0.1) is 5.10 Å². The van der Waals surface area contributed by atoms with Crippen molar-refractivity contribution in [3.63, 3.8) is 0 Å². The summed E-state index contributed by atoms with van der Waals surface area (Å²) in [5.74, 6) is 0. The van der Waals surface area contributed by atoms with Gasteiger partial charge in [0.2, 0.25) is 0 Å². The largest absolute Gasteiger partial charge is 0.329 e. The smallest absolute Gasteiger partial charge is 0.0967 e. The van der Waals surface area contributed by atoms with Crippen LogP contribution in [-0.2, 0) is 13.1 Å². The maximum atomic E-state index is 5.52. The molecule has 0 amide bonds. The Kier molecular flexibility index (Phi) is 4.93. The summed E-state index contributed by atoms with van der Waals surface area (Å²) < 4.78 is 1.83. The highest BCUT2D eigenvalue weighted by molar-refractivity contribution is 4.94. The zero-order valence-corrected chi connectivity index (χ0v) is 12.3. The summed E-state index contributed by atoms with van der Waals surface area (Å²) in [7, 11) is 0. The topological polar surface area (TPSA) is 60.0 Å². The van der Waals surface area contributed by atoms with Gasteiger partial charge in [-0.1, -0.05) is 31.9 Å². The highest BCUT2D eigenvalue weighted by atomic mass is 15.4. The number of hydrogen-bond donors (Lipinski definition) is 1. The number of rotatable bonds is 6. The molecule has 0 unspecified atom stereocenters. The van der Waals surface area contributed by atoms with Crippen molar-refractivity contribution in [1.82, 2.24) is 19.9 Å². The quantitative estimate of drug-likeness (QED) is 0.849. The summed E-state index contributed by atoms with van der Waals surface area (Å²) >= 11 is 0. The first kappa shape index (κ1) is 14.5. The molecule has 0 radical (unpaired) electrons. The van der Waals surface area contributed by atoms with Crippen LogP contribution in [0.15, 0.2) is 6.20 Å². The number of likely N-dealkylation sites (tertiary alicyclic amines) is 1. The molecular weight excluding hydrogens is 238 g/mol. The van der Waals surface area contributed by atoms with Gasteiger partial charge in [0, 0.05) is 19.3 Å². The van der Waals surface area contributed by atoms with Crippen LogP contribution in [0.3, 0.4) is 0 Å². The van der Waals surface area contributed by atoms with E-state index >= 15 is 0 Å². The van der Waals surface area contributed by atoms with Crippen LogP contribution in [0.1, 0.15) is 45.2 Å². The third-order valence-corrected chi connectivity index (χ3v) is 4.75. The summed E-state index contributed by atoms with van der Waals surface area (Å²) in [6.45, 7) is 9.32. The lowest BCUT2D eigenvalue weighted by Crippen LogP contribution is -2.39. The molecule has 0 bridgehead atoms.